The molecule has 0 N–H and O–H groups in total. The number of pyridine rings is 4. The fourth-order valence-corrected chi connectivity index (χ4v) is 17.2. The van der Waals surface area contributed by atoms with Gasteiger partial charge in [0.25, 0.3) is 0 Å². The molecule has 456 valence electrons. The molecule has 0 bridgehead atoms. The van der Waals surface area contributed by atoms with Crippen molar-refractivity contribution in [1.29, 1.82) is 0 Å². The van der Waals surface area contributed by atoms with Crippen LogP contribution in [0.15, 0.2) is 315 Å². The van der Waals surface area contributed by atoms with E-state index in [4.69, 9.17) is 23.2 Å². The van der Waals surface area contributed by atoms with Crippen molar-refractivity contribution in [2.45, 2.75) is 0 Å². The van der Waals surface area contributed by atoms with Gasteiger partial charge in [0.1, 0.15) is 0 Å². The fraction of sp³-hybridized carbons (Fsp3) is 0.0145. The van der Waals surface area contributed by atoms with Gasteiger partial charge < -0.3 is 54.4 Å². The van der Waals surface area contributed by atoms with Gasteiger partial charge in [-0.15, -0.1) is 23.2 Å². The summed E-state index contributed by atoms with van der Waals surface area (Å²) in [5.41, 5.74) is 3.41. The normalized spacial score (nSPS) is 9.78. The van der Waals surface area contributed by atoms with Gasteiger partial charge in [-0.05, 0) is 90.2 Å². The number of alkyl halides is 2. The first kappa shape index (κ1) is 80.7. The standard InChI is InChI=1S/4C17H14NOP.CH2Cl2.2BrH.2Mo.2Pt/c4*19-16-12-7-13-17(18-16)20(14-8-3-1-4-9-14)15-10-5-2-6-11-15;2-1-3;;;;;;/h4*1-13H,(H,18,19);1H2;2*1H;;;;/q;;;;;;;;+2;;+2/p-6. The van der Waals surface area contributed by atoms with E-state index in [1.54, 1.807) is 24.3 Å². The van der Waals surface area contributed by atoms with Crippen molar-refractivity contribution in [2.24, 2.45) is 0 Å². The predicted octanol–water partition coefficient (Wildman–Crippen LogP) is 3.07. The van der Waals surface area contributed by atoms with Crippen LogP contribution >= 0.6 is 54.9 Å². The molecule has 4 heterocycles. The average Bonchev–Trinajstić information content (AvgIpc) is 2.43. The molecule has 89 heavy (non-hydrogen) atoms. The molecular weight excluding hydrogens is 1890 g/mol. The molecule has 0 radical (unpaired) electrons. The van der Waals surface area contributed by atoms with Gasteiger partial charge in [0.05, 0.1) is 27.1 Å². The Balaban J connectivity index is 0.000000390. The zero-order valence-corrected chi connectivity index (χ0v) is 63.7. The second kappa shape index (κ2) is 45.0. The molecule has 8 aromatic carbocycles. The SMILES string of the molecule is ClCCl.[Br-].[Br-].[Mo+2].[Mo].[O-]c1cccc(P(c2ccccc2)c2ccccc2)n1.[O-]c1cccc(P(c2ccccc2)c2ccccc2)n1.[O-]c1cccc(P(c2ccccc2)c2ccccc2)n1.[O-]c1cccc(P(c2ccccc2)c2ccccc2)n1.[Pt+2].[Pt]. The molecule has 0 atom stereocenters. The first-order chi connectivity index (χ1) is 40.8. The van der Waals surface area contributed by atoms with Gasteiger partial charge in [-0.3, -0.25) is 19.9 Å². The minimum atomic E-state index is -0.773. The summed E-state index contributed by atoms with van der Waals surface area (Å²) >= 11 is 9.53. The van der Waals surface area contributed by atoms with Crippen LogP contribution in [-0.4, -0.2) is 25.3 Å². The molecular formula is C69H54Br2Cl2Mo2N4O4P4Pt2-2. The second-order valence-corrected chi connectivity index (χ2v) is 26.9. The van der Waals surface area contributed by atoms with Gasteiger partial charge in [0.15, 0.2) is 0 Å². The zero-order chi connectivity index (χ0) is 57.9. The van der Waals surface area contributed by atoms with Crippen LogP contribution in [0.2, 0.25) is 0 Å². The molecule has 0 saturated carbocycles. The van der Waals surface area contributed by atoms with E-state index in [0.717, 1.165) is 21.7 Å². The third-order valence-electron chi connectivity index (χ3n) is 11.9. The van der Waals surface area contributed by atoms with Crippen molar-refractivity contribution < 1.29 is 139 Å². The fourth-order valence-electron chi connectivity index (χ4n) is 8.38. The minimum absolute atomic E-state index is 0. The van der Waals surface area contributed by atoms with Crippen LogP contribution in [0.4, 0.5) is 0 Å². The van der Waals surface area contributed by atoms with E-state index in [1.807, 2.05) is 170 Å². The zero-order valence-electron chi connectivity index (χ0n) is 46.9. The first-order valence-corrected chi connectivity index (χ1v) is 32.5. The van der Waals surface area contributed by atoms with Crippen LogP contribution in [-0.2, 0) is 84.3 Å². The van der Waals surface area contributed by atoms with Crippen molar-refractivity contribution in [3.05, 3.63) is 315 Å². The maximum absolute atomic E-state index is 11.6. The van der Waals surface area contributed by atoms with E-state index < -0.39 is 31.7 Å². The molecule has 20 heteroatoms. The summed E-state index contributed by atoms with van der Waals surface area (Å²) in [6.45, 7) is 0. The monoisotopic (exact) mass is 1940 g/mol. The molecule has 0 fully saturated rings. The van der Waals surface area contributed by atoms with Gasteiger partial charge in [0, 0.05) is 73.8 Å². The average molecular weight is 1940 g/mol. The second-order valence-electron chi connectivity index (χ2n) is 17.5. The number of halogens is 4. The van der Waals surface area contributed by atoms with E-state index >= 15 is 0 Å². The molecule has 0 aliphatic rings. The van der Waals surface area contributed by atoms with E-state index in [-0.39, 0.29) is 147 Å². The molecule has 0 aliphatic carbocycles. The Morgan fingerprint density at radius 3 is 0.483 bits per heavy atom. The van der Waals surface area contributed by atoms with E-state index in [1.165, 1.54) is 66.7 Å². The van der Waals surface area contributed by atoms with Crippen molar-refractivity contribution in [1.82, 2.24) is 19.9 Å². The summed E-state index contributed by atoms with van der Waals surface area (Å²) in [5, 5.41) is 56.0. The number of hydrogen-bond acceptors (Lipinski definition) is 8. The topological polar surface area (TPSA) is 144 Å². The van der Waals surface area contributed by atoms with Gasteiger partial charge in [-0.25, -0.2) is 0 Å². The van der Waals surface area contributed by atoms with E-state index in [9.17, 15) is 20.4 Å². The van der Waals surface area contributed by atoms with E-state index in [2.05, 4.69) is 117 Å². The summed E-state index contributed by atoms with van der Waals surface area (Å²) in [4.78, 5) is 16.8. The summed E-state index contributed by atoms with van der Waals surface area (Å²) in [6, 6.07) is 103. The van der Waals surface area contributed by atoms with Crippen molar-refractivity contribution in [3.63, 3.8) is 0 Å². The van der Waals surface area contributed by atoms with Crippen LogP contribution in [0.5, 0.6) is 23.5 Å². The summed E-state index contributed by atoms with van der Waals surface area (Å²) in [7, 11) is -3.09. The minimum Gasteiger partial charge on any atom is -1.00 e. The van der Waals surface area contributed by atoms with Crippen LogP contribution in [0.1, 0.15) is 0 Å². The number of hydrogen-bond donors (Lipinski definition) is 0. The van der Waals surface area contributed by atoms with Crippen LogP contribution < -0.4 is 119 Å². The van der Waals surface area contributed by atoms with Crippen LogP contribution in [0, 0.1) is 0 Å². The number of benzene rings is 8. The number of nitrogens with zero attached hydrogens (tertiary/aromatic N) is 4. The predicted molar refractivity (Wildman–Crippen MR) is 346 cm³/mol. The Bertz CT molecular complexity index is 3160. The molecule has 12 aromatic rings. The maximum atomic E-state index is 11.6. The smallest absolute Gasteiger partial charge is 1.00 e. The molecule has 0 unspecified atom stereocenters. The maximum Gasteiger partial charge on any atom is 2.00 e. The third kappa shape index (κ3) is 25.5. The Morgan fingerprint density at radius 2 is 0.371 bits per heavy atom. The van der Waals surface area contributed by atoms with Gasteiger partial charge in [-0.1, -0.05) is 291 Å². The molecule has 0 spiro atoms. The van der Waals surface area contributed by atoms with Crippen LogP contribution in [0.25, 0.3) is 0 Å². The molecule has 0 aliphatic heterocycles. The van der Waals surface area contributed by atoms with Crippen molar-refractivity contribution in [3.8, 4) is 23.5 Å². The first-order valence-electron chi connectivity index (χ1n) is 26.1. The Kier molecular flexibility index (Phi) is 40.8. The van der Waals surface area contributed by atoms with Crippen LogP contribution in [0.3, 0.4) is 0 Å². The Hall–Kier alpha value is -4.43. The molecule has 12 rings (SSSR count). The summed E-state index contributed by atoms with van der Waals surface area (Å²) in [6.07, 6.45) is 0. The van der Waals surface area contributed by atoms with Gasteiger partial charge in [0.2, 0.25) is 0 Å². The molecule has 0 saturated heterocycles. The Morgan fingerprint density at radius 1 is 0.247 bits per heavy atom. The van der Waals surface area contributed by atoms with Gasteiger partial charge >= 0.3 is 42.1 Å². The quantitative estimate of drug-likeness (QED) is 0.103. The van der Waals surface area contributed by atoms with E-state index in [0.29, 0.717) is 0 Å². The number of rotatable bonds is 12. The summed E-state index contributed by atoms with van der Waals surface area (Å²) in [5.74, 6) is -0.715. The molecule has 0 amide bonds. The van der Waals surface area contributed by atoms with Crippen molar-refractivity contribution >= 4 is 119 Å². The Labute approximate surface area is 615 Å². The molecule has 4 aromatic heterocycles. The summed E-state index contributed by atoms with van der Waals surface area (Å²) < 4.78 is 0. The number of aromatic nitrogens is 4. The van der Waals surface area contributed by atoms with Crippen molar-refractivity contribution in [2.75, 3.05) is 5.34 Å². The third-order valence-corrected chi connectivity index (χ3v) is 21.2. The van der Waals surface area contributed by atoms with Gasteiger partial charge in [-0.2, -0.15) is 0 Å². The largest absolute Gasteiger partial charge is 2.00 e. The molecule has 8 nitrogen and oxygen atoms in total.